The molecule has 0 aliphatic carbocycles. The van der Waals surface area contributed by atoms with Gasteiger partial charge in [0.25, 0.3) is 0 Å². The molecule has 4 rings (SSSR count). The first-order valence-corrected chi connectivity index (χ1v) is 7.80. The van der Waals surface area contributed by atoms with Gasteiger partial charge in [-0.25, -0.2) is 9.59 Å². The Labute approximate surface area is 143 Å². The quantitative estimate of drug-likeness (QED) is 0.331. The van der Waals surface area contributed by atoms with Gasteiger partial charge in [-0.2, -0.15) is 0 Å². The minimum Gasteiger partial charge on any atom is -0.478 e. The third-order valence-corrected chi connectivity index (χ3v) is 4.50. The summed E-state index contributed by atoms with van der Waals surface area (Å²) in [7, 11) is 1.26. The molecule has 0 amide bonds. The number of ether oxygens (including phenoxy) is 1. The van der Waals surface area contributed by atoms with Crippen molar-refractivity contribution < 1.29 is 19.4 Å². The number of carboxylic acids is 1. The fourth-order valence-electron chi connectivity index (χ4n) is 3.41. The van der Waals surface area contributed by atoms with Crippen LogP contribution in [0.3, 0.4) is 0 Å². The Morgan fingerprint density at radius 2 is 1.32 bits per heavy atom. The van der Waals surface area contributed by atoms with Crippen LogP contribution < -0.4 is 0 Å². The second-order valence-corrected chi connectivity index (χ2v) is 5.84. The Kier molecular flexibility index (Phi) is 3.39. The Bertz CT molecular complexity index is 1170. The predicted molar refractivity (Wildman–Crippen MR) is 97.3 cm³/mol. The Hall–Kier alpha value is -3.40. The van der Waals surface area contributed by atoms with Crippen molar-refractivity contribution in [1.82, 2.24) is 0 Å². The molecule has 0 fully saturated rings. The standard InChI is InChI=1S/C21H14O4/c1-25-21(24)19-15-9-5-4-8-14(15)16-10-12-6-2-3-7-13(12)11-17(16)18(19)20(22)23/h2-11H,1H3,(H,22,23). The van der Waals surface area contributed by atoms with Gasteiger partial charge in [0.2, 0.25) is 0 Å². The summed E-state index contributed by atoms with van der Waals surface area (Å²) in [5.41, 5.74) is 0.0692. The number of hydrogen-bond donors (Lipinski definition) is 1. The van der Waals surface area contributed by atoms with Crippen molar-refractivity contribution in [2.75, 3.05) is 7.11 Å². The molecule has 4 aromatic rings. The number of hydrogen-bond acceptors (Lipinski definition) is 3. The molecule has 0 heterocycles. The molecule has 0 aromatic heterocycles. The van der Waals surface area contributed by atoms with E-state index >= 15 is 0 Å². The van der Waals surface area contributed by atoms with Crippen molar-refractivity contribution in [3.8, 4) is 0 Å². The summed E-state index contributed by atoms with van der Waals surface area (Å²) in [6.45, 7) is 0. The second kappa shape index (κ2) is 5.60. The van der Waals surface area contributed by atoms with E-state index < -0.39 is 11.9 Å². The van der Waals surface area contributed by atoms with Crippen molar-refractivity contribution in [3.05, 3.63) is 71.8 Å². The maximum Gasteiger partial charge on any atom is 0.339 e. The molecule has 25 heavy (non-hydrogen) atoms. The van der Waals surface area contributed by atoms with Crippen LogP contribution in [0.5, 0.6) is 0 Å². The first-order valence-electron chi connectivity index (χ1n) is 7.80. The number of esters is 1. The van der Waals surface area contributed by atoms with Crippen LogP contribution >= 0.6 is 0 Å². The smallest absolute Gasteiger partial charge is 0.339 e. The molecule has 0 radical (unpaired) electrons. The zero-order valence-electron chi connectivity index (χ0n) is 13.4. The van der Waals surface area contributed by atoms with E-state index in [0.29, 0.717) is 10.8 Å². The molecule has 4 aromatic carbocycles. The van der Waals surface area contributed by atoms with Crippen LogP contribution in [0.2, 0.25) is 0 Å². The number of carboxylic acid groups (broad SMARTS) is 1. The van der Waals surface area contributed by atoms with E-state index in [1.54, 1.807) is 12.1 Å². The van der Waals surface area contributed by atoms with Gasteiger partial charge in [-0.15, -0.1) is 0 Å². The molecule has 0 saturated heterocycles. The molecule has 0 saturated carbocycles. The fraction of sp³-hybridized carbons (Fsp3) is 0.0476. The highest BCUT2D eigenvalue weighted by molar-refractivity contribution is 6.25. The van der Waals surface area contributed by atoms with E-state index in [4.69, 9.17) is 4.74 Å². The van der Waals surface area contributed by atoms with Crippen LogP contribution in [0, 0.1) is 0 Å². The van der Waals surface area contributed by atoms with Gasteiger partial charge in [0.15, 0.2) is 0 Å². The molecule has 1 N–H and O–H groups in total. The van der Waals surface area contributed by atoms with Crippen molar-refractivity contribution in [2.45, 2.75) is 0 Å². The van der Waals surface area contributed by atoms with Gasteiger partial charge in [-0.3, -0.25) is 0 Å². The first kappa shape index (κ1) is 15.1. The molecule has 0 unspecified atom stereocenters. The molecule has 0 aliphatic heterocycles. The molecule has 0 bridgehead atoms. The highest BCUT2D eigenvalue weighted by Gasteiger charge is 2.24. The average Bonchev–Trinajstić information content (AvgIpc) is 2.64. The van der Waals surface area contributed by atoms with E-state index in [9.17, 15) is 14.7 Å². The fourth-order valence-corrected chi connectivity index (χ4v) is 3.41. The number of carbonyl (C=O) groups excluding carboxylic acids is 1. The zero-order chi connectivity index (χ0) is 17.6. The molecular weight excluding hydrogens is 316 g/mol. The number of aromatic carboxylic acids is 1. The van der Waals surface area contributed by atoms with E-state index in [1.807, 2.05) is 48.5 Å². The highest BCUT2D eigenvalue weighted by Crippen LogP contribution is 2.36. The number of rotatable bonds is 2. The second-order valence-electron chi connectivity index (χ2n) is 5.84. The molecule has 0 atom stereocenters. The predicted octanol–water partition coefficient (Wildman–Crippen LogP) is 4.63. The number of benzene rings is 4. The summed E-state index contributed by atoms with van der Waals surface area (Å²) in [4.78, 5) is 24.4. The molecular formula is C21H14O4. The van der Waals surface area contributed by atoms with Crippen LogP contribution in [0.1, 0.15) is 20.7 Å². The molecule has 0 aliphatic rings. The molecule has 122 valence electrons. The van der Waals surface area contributed by atoms with Crippen molar-refractivity contribution in [2.24, 2.45) is 0 Å². The van der Waals surface area contributed by atoms with Crippen molar-refractivity contribution >= 4 is 44.3 Å². The summed E-state index contributed by atoms with van der Waals surface area (Å²) < 4.78 is 4.87. The Balaban J connectivity index is 2.33. The third kappa shape index (κ3) is 2.22. The van der Waals surface area contributed by atoms with Gasteiger partial charge in [-0.05, 0) is 44.5 Å². The zero-order valence-corrected chi connectivity index (χ0v) is 13.4. The van der Waals surface area contributed by atoms with Crippen molar-refractivity contribution in [1.29, 1.82) is 0 Å². The maximum absolute atomic E-state index is 12.4. The van der Waals surface area contributed by atoms with Gasteiger partial charge in [0.05, 0.1) is 18.2 Å². The van der Waals surface area contributed by atoms with E-state index in [-0.39, 0.29) is 11.1 Å². The summed E-state index contributed by atoms with van der Waals surface area (Å²) in [6.07, 6.45) is 0. The van der Waals surface area contributed by atoms with E-state index in [0.717, 1.165) is 21.5 Å². The van der Waals surface area contributed by atoms with Crippen LogP contribution in [-0.2, 0) is 4.74 Å². The topological polar surface area (TPSA) is 63.6 Å². The van der Waals surface area contributed by atoms with Gasteiger partial charge in [0, 0.05) is 0 Å². The SMILES string of the molecule is COC(=O)c1c(C(=O)O)c2cc3ccccc3cc2c2ccccc12. The summed E-state index contributed by atoms with van der Waals surface area (Å²) in [5.74, 6) is -1.80. The minimum absolute atomic E-state index is 0.0219. The highest BCUT2D eigenvalue weighted by atomic mass is 16.5. The summed E-state index contributed by atoms with van der Waals surface area (Å²) in [5, 5.41) is 14.5. The number of fused-ring (bicyclic) bond motifs is 4. The Morgan fingerprint density at radius 3 is 1.92 bits per heavy atom. The lowest BCUT2D eigenvalue weighted by Crippen LogP contribution is -2.12. The van der Waals surface area contributed by atoms with Gasteiger partial charge in [0.1, 0.15) is 0 Å². The monoisotopic (exact) mass is 330 g/mol. The van der Waals surface area contributed by atoms with Gasteiger partial charge in [-0.1, -0.05) is 48.5 Å². The van der Waals surface area contributed by atoms with Gasteiger partial charge < -0.3 is 9.84 Å². The third-order valence-electron chi connectivity index (χ3n) is 4.50. The van der Waals surface area contributed by atoms with Crippen LogP contribution in [0.15, 0.2) is 60.7 Å². The normalized spacial score (nSPS) is 11.1. The summed E-state index contributed by atoms with van der Waals surface area (Å²) in [6, 6.07) is 18.9. The molecule has 4 nitrogen and oxygen atoms in total. The minimum atomic E-state index is -1.15. The number of carbonyl (C=O) groups is 2. The van der Waals surface area contributed by atoms with Crippen LogP contribution in [0.4, 0.5) is 0 Å². The lowest BCUT2D eigenvalue weighted by atomic mass is 9.90. The lowest BCUT2D eigenvalue weighted by Gasteiger charge is -2.14. The van der Waals surface area contributed by atoms with Gasteiger partial charge >= 0.3 is 11.9 Å². The van der Waals surface area contributed by atoms with Crippen molar-refractivity contribution in [3.63, 3.8) is 0 Å². The van der Waals surface area contributed by atoms with Crippen LogP contribution in [-0.4, -0.2) is 24.2 Å². The van der Waals surface area contributed by atoms with E-state index in [1.165, 1.54) is 7.11 Å². The number of methoxy groups -OCH3 is 1. The summed E-state index contributed by atoms with van der Waals surface area (Å²) >= 11 is 0. The van der Waals surface area contributed by atoms with E-state index in [2.05, 4.69) is 0 Å². The largest absolute Gasteiger partial charge is 0.478 e. The molecule has 4 heteroatoms. The average molecular weight is 330 g/mol. The molecule has 0 spiro atoms. The first-order chi connectivity index (χ1) is 12.1. The lowest BCUT2D eigenvalue weighted by molar-refractivity contribution is 0.0586. The van der Waals surface area contributed by atoms with Crippen LogP contribution in [0.25, 0.3) is 32.3 Å². The Morgan fingerprint density at radius 1 is 0.760 bits per heavy atom. The maximum atomic E-state index is 12.4.